The Labute approximate surface area is 136 Å². The van der Waals surface area contributed by atoms with Gasteiger partial charge >= 0.3 is 0 Å². The Kier molecular flexibility index (Phi) is 4.89. The number of Topliss-reactive ketones (excluding diaryl/α,β-unsaturated/α-hetero) is 1. The Bertz CT molecular complexity index is 667. The monoisotopic (exact) mass is 374 g/mol. The smallest absolute Gasteiger partial charge is 0.168 e. The average Bonchev–Trinajstić information content (AvgIpc) is 2.69. The van der Waals surface area contributed by atoms with E-state index in [1.54, 1.807) is 22.9 Å². The number of hydrogen-bond acceptors (Lipinski definition) is 2. The highest BCUT2D eigenvalue weighted by molar-refractivity contribution is 9.10. The molecule has 0 amide bonds. The van der Waals surface area contributed by atoms with Crippen LogP contribution in [-0.4, -0.2) is 15.6 Å². The minimum Gasteiger partial charge on any atom is -0.294 e. The molecule has 1 heterocycles. The van der Waals surface area contributed by atoms with Gasteiger partial charge in [-0.2, -0.15) is 5.10 Å². The maximum absolute atomic E-state index is 12.3. The van der Waals surface area contributed by atoms with E-state index >= 15 is 0 Å². The SMILES string of the molecule is CCc1nn(C)c(CC(=O)c2ccc(Cl)c(Cl)c2)c1Br. The number of rotatable bonds is 4. The van der Waals surface area contributed by atoms with E-state index in [0.29, 0.717) is 15.6 Å². The molecule has 6 heteroatoms. The van der Waals surface area contributed by atoms with Crippen molar-refractivity contribution in [1.29, 1.82) is 0 Å². The highest BCUT2D eigenvalue weighted by Crippen LogP contribution is 2.25. The summed E-state index contributed by atoms with van der Waals surface area (Å²) in [5.74, 6) is -0.0186. The Hall–Kier alpha value is -0.840. The molecule has 0 saturated carbocycles. The lowest BCUT2D eigenvalue weighted by atomic mass is 10.1. The highest BCUT2D eigenvalue weighted by atomic mass is 79.9. The maximum atomic E-state index is 12.3. The van der Waals surface area contributed by atoms with Crippen LogP contribution < -0.4 is 0 Å². The van der Waals surface area contributed by atoms with Gasteiger partial charge in [0.05, 0.1) is 32.3 Å². The summed E-state index contributed by atoms with van der Waals surface area (Å²) in [7, 11) is 1.83. The first kappa shape index (κ1) is 15.5. The summed E-state index contributed by atoms with van der Waals surface area (Å²) in [6, 6.07) is 4.91. The highest BCUT2D eigenvalue weighted by Gasteiger charge is 2.17. The van der Waals surface area contributed by atoms with E-state index in [1.807, 2.05) is 14.0 Å². The van der Waals surface area contributed by atoms with Crippen molar-refractivity contribution < 1.29 is 4.79 Å². The molecule has 1 aromatic heterocycles. The largest absolute Gasteiger partial charge is 0.294 e. The van der Waals surface area contributed by atoms with Crippen LogP contribution in [0.3, 0.4) is 0 Å². The molecule has 0 spiro atoms. The number of hydrogen-bond donors (Lipinski definition) is 0. The normalized spacial score (nSPS) is 10.8. The van der Waals surface area contributed by atoms with Crippen LogP contribution >= 0.6 is 39.1 Å². The van der Waals surface area contributed by atoms with Crippen LogP contribution in [0.5, 0.6) is 0 Å². The zero-order valence-corrected chi connectivity index (χ0v) is 14.2. The first-order valence-electron chi connectivity index (χ1n) is 6.12. The number of carbonyl (C=O) groups is 1. The van der Waals surface area contributed by atoms with E-state index in [1.165, 1.54) is 0 Å². The van der Waals surface area contributed by atoms with Crippen molar-refractivity contribution in [3.8, 4) is 0 Å². The Balaban J connectivity index is 2.28. The van der Waals surface area contributed by atoms with E-state index < -0.39 is 0 Å². The van der Waals surface area contributed by atoms with Crippen LogP contribution in [0.4, 0.5) is 0 Å². The van der Waals surface area contributed by atoms with E-state index in [0.717, 1.165) is 22.3 Å². The molecule has 1 aromatic carbocycles. The number of aryl methyl sites for hydroxylation is 2. The summed E-state index contributed by atoms with van der Waals surface area (Å²) in [5.41, 5.74) is 2.35. The Morgan fingerprint density at radius 2 is 2.05 bits per heavy atom. The molecule has 2 aromatic rings. The predicted molar refractivity (Wildman–Crippen MR) is 84.8 cm³/mol. The van der Waals surface area contributed by atoms with Gasteiger partial charge in [0.15, 0.2) is 5.78 Å². The van der Waals surface area contributed by atoms with Crippen molar-refractivity contribution >= 4 is 44.9 Å². The van der Waals surface area contributed by atoms with Gasteiger partial charge in [0.2, 0.25) is 0 Å². The summed E-state index contributed by atoms with van der Waals surface area (Å²) >= 11 is 15.3. The molecule has 0 saturated heterocycles. The summed E-state index contributed by atoms with van der Waals surface area (Å²) in [5, 5.41) is 5.21. The van der Waals surface area contributed by atoms with Crippen LogP contribution in [0.2, 0.25) is 10.0 Å². The van der Waals surface area contributed by atoms with Crippen molar-refractivity contribution in [1.82, 2.24) is 9.78 Å². The Morgan fingerprint density at radius 3 is 2.60 bits per heavy atom. The van der Waals surface area contributed by atoms with E-state index in [9.17, 15) is 4.79 Å². The molecule has 0 aliphatic carbocycles. The van der Waals surface area contributed by atoms with Gasteiger partial charge in [-0.05, 0) is 40.5 Å². The third kappa shape index (κ3) is 3.08. The van der Waals surface area contributed by atoms with Crippen LogP contribution in [-0.2, 0) is 19.9 Å². The fourth-order valence-corrected chi connectivity index (χ4v) is 2.99. The van der Waals surface area contributed by atoms with Gasteiger partial charge in [-0.1, -0.05) is 30.1 Å². The molecule has 0 N–H and O–H groups in total. The molecule has 3 nitrogen and oxygen atoms in total. The lowest BCUT2D eigenvalue weighted by Crippen LogP contribution is -2.08. The maximum Gasteiger partial charge on any atom is 0.168 e. The molecule has 2 rings (SSSR count). The molecule has 20 heavy (non-hydrogen) atoms. The van der Waals surface area contributed by atoms with Gasteiger partial charge in [0.1, 0.15) is 0 Å². The van der Waals surface area contributed by atoms with Crippen LogP contribution in [0, 0.1) is 0 Å². The van der Waals surface area contributed by atoms with E-state index in [-0.39, 0.29) is 12.2 Å². The molecule has 0 bridgehead atoms. The minimum absolute atomic E-state index is 0.0186. The van der Waals surface area contributed by atoms with Crippen molar-refractivity contribution in [3.05, 3.63) is 49.7 Å². The fraction of sp³-hybridized carbons (Fsp3) is 0.286. The molecule has 0 unspecified atom stereocenters. The lowest BCUT2D eigenvalue weighted by molar-refractivity contribution is 0.0990. The molecule has 106 valence electrons. The van der Waals surface area contributed by atoms with Crippen LogP contribution in [0.1, 0.15) is 28.7 Å². The second-order valence-electron chi connectivity index (χ2n) is 4.41. The Morgan fingerprint density at radius 1 is 1.35 bits per heavy atom. The average molecular weight is 376 g/mol. The summed E-state index contributed by atoms with van der Waals surface area (Å²) in [4.78, 5) is 12.3. The summed E-state index contributed by atoms with van der Waals surface area (Å²) in [6.07, 6.45) is 1.08. The standard InChI is InChI=1S/C14H13BrCl2N2O/c1-3-11-14(15)12(19(2)18-11)7-13(20)8-4-5-9(16)10(17)6-8/h4-6H,3,7H2,1-2H3. The van der Waals surface area contributed by atoms with E-state index in [2.05, 4.69) is 21.0 Å². The number of nitrogens with zero attached hydrogens (tertiary/aromatic N) is 2. The second-order valence-corrected chi connectivity index (χ2v) is 6.02. The first-order chi connectivity index (χ1) is 9.43. The molecule has 0 radical (unpaired) electrons. The quantitative estimate of drug-likeness (QED) is 0.738. The third-order valence-electron chi connectivity index (χ3n) is 3.07. The number of benzene rings is 1. The van der Waals surface area contributed by atoms with Gasteiger partial charge in [-0.25, -0.2) is 0 Å². The minimum atomic E-state index is -0.0186. The third-order valence-corrected chi connectivity index (χ3v) is 4.73. The van der Waals surface area contributed by atoms with Crippen molar-refractivity contribution in [2.24, 2.45) is 7.05 Å². The van der Waals surface area contributed by atoms with Crippen molar-refractivity contribution in [3.63, 3.8) is 0 Å². The predicted octanol–water partition coefficient (Wildman–Crippen LogP) is 4.48. The summed E-state index contributed by atoms with van der Waals surface area (Å²) in [6.45, 7) is 2.03. The van der Waals surface area contributed by atoms with Crippen molar-refractivity contribution in [2.75, 3.05) is 0 Å². The van der Waals surface area contributed by atoms with Crippen LogP contribution in [0.25, 0.3) is 0 Å². The molecular formula is C14H13BrCl2N2O. The number of aromatic nitrogens is 2. The van der Waals surface area contributed by atoms with Gasteiger partial charge in [0.25, 0.3) is 0 Å². The molecule has 0 atom stereocenters. The summed E-state index contributed by atoms with van der Waals surface area (Å²) < 4.78 is 2.63. The molecule has 0 fully saturated rings. The van der Waals surface area contributed by atoms with Gasteiger partial charge < -0.3 is 0 Å². The van der Waals surface area contributed by atoms with Crippen LogP contribution in [0.15, 0.2) is 22.7 Å². The molecule has 0 aliphatic heterocycles. The number of halogens is 3. The lowest BCUT2D eigenvalue weighted by Gasteiger charge is -2.04. The second kappa shape index (κ2) is 6.29. The topological polar surface area (TPSA) is 34.9 Å². The number of carbonyl (C=O) groups excluding carboxylic acids is 1. The number of ketones is 1. The van der Waals surface area contributed by atoms with Gasteiger partial charge in [0, 0.05) is 12.6 Å². The molecular weight excluding hydrogens is 363 g/mol. The zero-order valence-electron chi connectivity index (χ0n) is 11.1. The fourth-order valence-electron chi connectivity index (χ4n) is 1.94. The molecule has 0 aliphatic rings. The van der Waals surface area contributed by atoms with Crippen molar-refractivity contribution in [2.45, 2.75) is 19.8 Å². The zero-order chi connectivity index (χ0) is 14.9. The first-order valence-corrected chi connectivity index (χ1v) is 7.67. The van der Waals surface area contributed by atoms with Gasteiger partial charge in [-0.3, -0.25) is 9.48 Å². The van der Waals surface area contributed by atoms with E-state index in [4.69, 9.17) is 23.2 Å². The van der Waals surface area contributed by atoms with Gasteiger partial charge in [-0.15, -0.1) is 0 Å².